The summed E-state index contributed by atoms with van der Waals surface area (Å²) < 4.78 is 16.4. The SMILES string of the molecule is O=C(COc1ccccc1[N+](=O)[O-])NN=Cc1cc2c(cc1Br)OCO2. The predicted molar refractivity (Wildman–Crippen MR) is 94.6 cm³/mol. The minimum absolute atomic E-state index is 0.00939. The van der Waals surface area contributed by atoms with Gasteiger partial charge in [0, 0.05) is 16.1 Å². The molecule has 0 saturated carbocycles. The van der Waals surface area contributed by atoms with Gasteiger partial charge in [0.05, 0.1) is 11.1 Å². The maximum atomic E-state index is 11.8. The Morgan fingerprint density at radius 2 is 2.08 bits per heavy atom. The number of nitrogens with zero attached hydrogens (tertiary/aromatic N) is 2. The number of hydrogen-bond donors (Lipinski definition) is 1. The summed E-state index contributed by atoms with van der Waals surface area (Å²) in [7, 11) is 0. The van der Waals surface area contributed by atoms with Crippen molar-refractivity contribution in [2.45, 2.75) is 0 Å². The molecule has 0 aromatic heterocycles. The quantitative estimate of drug-likeness (QED) is 0.435. The topological polar surface area (TPSA) is 112 Å². The number of halogens is 1. The number of hydrazone groups is 1. The van der Waals surface area contributed by atoms with Gasteiger partial charge in [0.1, 0.15) is 0 Å². The minimum atomic E-state index is -0.581. The van der Waals surface area contributed by atoms with Crippen LogP contribution in [0, 0.1) is 10.1 Å². The number of benzene rings is 2. The third-order valence-electron chi connectivity index (χ3n) is 3.31. The summed E-state index contributed by atoms with van der Waals surface area (Å²) >= 11 is 3.37. The fraction of sp³-hybridized carbons (Fsp3) is 0.125. The summed E-state index contributed by atoms with van der Waals surface area (Å²) in [5.74, 6) is 0.656. The van der Waals surface area contributed by atoms with Gasteiger partial charge in [-0.1, -0.05) is 12.1 Å². The third-order valence-corrected chi connectivity index (χ3v) is 3.99. The van der Waals surface area contributed by atoms with Crippen molar-refractivity contribution in [3.63, 3.8) is 0 Å². The molecule has 0 saturated heterocycles. The molecule has 0 atom stereocenters. The lowest BCUT2D eigenvalue weighted by atomic mass is 10.2. The highest BCUT2D eigenvalue weighted by atomic mass is 79.9. The van der Waals surface area contributed by atoms with Crippen LogP contribution in [0.4, 0.5) is 5.69 Å². The molecule has 1 aliphatic heterocycles. The molecule has 1 N–H and O–H groups in total. The van der Waals surface area contributed by atoms with Crippen LogP contribution in [0.3, 0.4) is 0 Å². The van der Waals surface area contributed by atoms with Crippen LogP contribution in [-0.4, -0.2) is 30.4 Å². The first-order chi connectivity index (χ1) is 12.5. The van der Waals surface area contributed by atoms with Crippen molar-refractivity contribution >= 4 is 33.7 Å². The number of amides is 1. The van der Waals surface area contributed by atoms with Crippen molar-refractivity contribution < 1.29 is 23.9 Å². The molecule has 0 unspecified atom stereocenters. The highest BCUT2D eigenvalue weighted by molar-refractivity contribution is 9.10. The largest absolute Gasteiger partial charge is 0.477 e. The lowest BCUT2D eigenvalue weighted by molar-refractivity contribution is -0.385. The third kappa shape index (κ3) is 4.09. The van der Waals surface area contributed by atoms with Crippen LogP contribution in [0.5, 0.6) is 17.2 Å². The van der Waals surface area contributed by atoms with E-state index in [4.69, 9.17) is 14.2 Å². The molecule has 2 aromatic rings. The molecule has 2 aromatic carbocycles. The second kappa shape index (κ2) is 7.83. The Morgan fingerprint density at radius 1 is 1.35 bits per heavy atom. The number of hydrogen-bond acceptors (Lipinski definition) is 7. The highest BCUT2D eigenvalue weighted by Gasteiger charge is 2.16. The van der Waals surface area contributed by atoms with Crippen molar-refractivity contribution in [3.8, 4) is 17.2 Å². The van der Waals surface area contributed by atoms with E-state index in [0.29, 0.717) is 17.1 Å². The number of nitro benzene ring substituents is 1. The molecular weight excluding hydrogens is 410 g/mol. The van der Waals surface area contributed by atoms with E-state index < -0.39 is 17.4 Å². The molecule has 0 spiro atoms. The van der Waals surface area contributed by atoms with Gasteiger partial charge in [-0.2, -0.15) is 5.10 Å². The van der Waals surface area contributed by atoms with Gasteiger partial charge in [0.15, 0.2) is 23.9 Å². The van der Waals surface area contributed by atoms with Crippen LogP contribution in [0.2, 0.25) is 0 Å². The number of carbonyl (C=O) groups excluding carboxylic acids is 1. The number of nitro groups is 1. The van der Waals surface area contributed by atoms with Gasteiger partial charge in [-0.3, -0.25) is 14.9 Å². The molecule has 0 fully saturated rings. The molecule has 0 bridgehead atoms. The van der Waals surface area contributed by atoms with E-state index in [1.165, 1.54) is 24.4 Å². The first-order valence-corrected chi connectivity index (χ1v) is 8.11. The average Bonchev–Trinajstić information content (AvgIpc) is 3.07. The molecule has 26 heavy (non-hydrogen) atoms. The summed E-state index contributed by atoms with van der Waals surface area (Å²) in [4.78, 5) is 22.1. The zero-order chi connectivity index (χ0) is 18.5. The zero-order valence-electron chi connectivity index (χ0n) is 13.2. The fourth-order valence-electron chi connectivity index (χ4n) is 2.11. The number of rotatable bonds is 6. The van der Waals surface area contributed by atoms with E-state index in [9.17, 15) is 14.9 Å². The number of carbonyl (C=O) groups is 1. The van der Waals surface area contributed by atoms with E-state index in [0.717, 1.165) is 4.47 Å². The molecule has 0 radical (unpaired) electrons. The molecular formula is C16H12BrN3O6. The lowest BCUT2D eigenvalue weighted by Gasteiger charge is -2.05. The van der Waals surface area contributed by atoms with Crippen molar-refractivity contribution in [3.05, 3.63) is 56.5 Å². The van der Waals surface area contributed by atoms with Crippen LogP contribution in [0.1, 0.15) is 5.56 Å². The van der Waals surface area contributed by atoms with Crippen LogP contribution in [0.15, 0.2) is 46.0 Å². The van der Waals surface area contributed by atoms with Crippen molar-refractivity contribution in [1.29, 1.82) is 0 Å². The molecule has 1 aliphatic rings. The molecule has 1 heterocycles. The Hall–Kier alpha value is -3.14. The van der Waals surface area contributed by atoms with E-state index >= 15 is 0 Å². The zero-order valence-corrected chi connectivity index (χ0v) is 14.8. The fourth-order valence-corrected chi connectivity index (χ4v) is 2.54. The Morgan fingerprint density at radius 3 is 2.85 bits per heavy atom. The molecule has 1 amide bonds. The lowest BCUT2D eigenvalue weighted by Crippen LogP contribution is -2.24. The Labute approximate surface area is 155 Å². The molecule has 10 heteroatoms. The van der Waals surface area contributed by atoms with Crippen molar-refractivity contribution in [1.82, 2.24) is 5.43 Å². The standard InChI is InChI=1S/C16H12BrN3O6/c17-11-6-15-14(25-9-26-15)5-10(11)7-18-19-16(21)8-24-13-4-2-1-3-12(13)20(22)23/h1-7H,8-9H2,(H,19,21). The number of para-hydroxylation sites is 2. The summed E-state index contributed by atoms with van der Waals surface area (Å²) in [5, 5.41) is 14.7. The van der Waals surface area contributed by atoms with E-state index in [2.05, 4.69) is 26.5 Å². The summed E-state index contributed by atoms with van der Waals surface area (Å²) in [5.41, 5.74) is 2.75. The van der Waals surface area contributed by atoms with Crippen molar-refractivity contribution in [2.75, 3.05) is 13.4 Å². The summed E-state index contributed by atoms with van der Waals surface area (Å²) in [6.07, 6.45) is 1.43. The first-order valence-electron chi connectivity index (χ1n) is 7.32. The number of nitrogens with one attached hydrogen (secondary N) is 1. The Kier molecular flexibility index (Phi) is 5.32. The smallest absolute Gasteiger partial charge is 0.310 e. The molecule has 3 rings (SSSR count). The van der Waals surface area contributed by atoms with Gasteiger partial charge in [-0.25, -0.2) is 5.43 Å². The normalized spacial score (nSPS) is 12.2. The molecule has 9 nitrogen and oxygen atoms in total. The summed E-state index contributed by atoms with van der Waals surface area (Å²) in [6, 6.07) is 9.25. The number of fused-ring (bicyclic) bond motifs is 1. The predicted octanol–water partition coefficient (Wildman–Crippen LogP) is 2.62. The van der Waals surface area contributed by atoms with Gasteiger partial charge < -0.3 is 14.2 Å². The first kappa shape index (κ1) is 17.7. The average molecular weight is 422 g/mol. The summed E-state index contributed by atoms with van der Waals surface area (Å²) in [6.45, 7) is -0.257. The maximum Gasteiger partial charge on any atom is 0.310 e. The Balaban J connectivity index is 1.56. The monoisotopic (exact) mass is 421 g/mol. The Bertz CT molecular complexity index is 886. The second-order valence-corrected chi connectivity index (χ2v) is 5.89. The maximum absolute atomic E-state index is 11.8. The van der Waals surface area contributed by atoms with Gasteiger partial charge in [0.25, 0.3) is 5.91 Å². The van der Waals surface area contributed by atoms with Crippen LogP contribution < -0.4 is 19.6 Å². The van der Waals surface area contributed by atoms with Crippen LogP contribution >= 0.6 is 15.9 Å². The highest BCUT2D eigenvalue weighted by Crippen LogP contribution is 2.36. The number of ether oxygens (including phenoxy) is 3. The van der Waals surface area contributed by atoms with Crippen LogP contribution in [-0.2, 0) is 4.79 Å². The molecule has 0 aliphatic carbocycles. The van der Waals surface area contributed by atoms with Gasteiger partial charge >= 0.3 is 5.69 Å². The molecule has 134 valence electrons. The minimum Gasteiger partial charge on any atom is -0.477 e. The second-order valence-electron chi connectivity index (χ2n) is 5.03. The van der Waals surface area contributed by atoms with Gasteiger partial charge in [0.2, 0.25) is 6.79 Å². The van der Waals surface area contributed by atoms with Crippen LogP contribution in [0.25, 0.3) is 0 Å². The van der Waals surface area contributed by atoms with E-state index in [-0.39, 0.29) is 18.2 Å². The van der Waals surface area contributed by atoms with E-state index in [1.807, 2.05) is 0 Å². The van der Waals surface area contributed by atoms with Gasteiger partial charge in [-0.15, -0.1) is 0 Å². The van der Waals surface area contributed by atoms with Gasteiger partial charge in [-0.05, 0) is 34.1 Å². The van der Waals surface area contributed by atoms with E-state index in [1.54, 1.807) is 18.2 Å². The van der Waals surface area contributed by atoms with Crippen molar-refractivity contribution in [2.24, 2.45) is 5.10 Å².